The molecule has 0 aliphatic heterocycles. The van der Waals surface area contributed by atoms with Gasteiger partial charge >= 0.3 is 0 Å². The third kappa shape index (κ3) is 1.30. The number of rotatable bonds is 0. The highest BCUT2D eigenvalue weighted by Gasteiger charge is 2.77. The van der Waals surface area contributed by atoms with Crippen molar-refractivity contribution in [2.24, 2.45) is 33.0 Å². The van der Waals surface area contributed by atoms with Crippen LogP contribution in [0.4, 0.5) is 0 Å². The van der Waals surface area contributed by atoms with Crippen molar-refractivity contribution in [3.05, 3.63) is 0 Å². The van der Waals surface area contributed by atoms with Gasteiger partial charge in [0, 0.05) is 10.8 Å². The van der Waals surface area contributed by atoms with Gasteiger partial charge in [-0.25, -0.2) is 0 Å². The van der Waals surface area contributed by atoms with Crippen molar-refractivity contribution in [3.8, 4) is 0 Å². The standard InChI is InChI=1S/C20H32O/c1-16(2)8-6-9-18(4)14(16)7-10-19(5)15(21)17(3)11-12-20(18,19)13-17/h14H,6-13H2,1-5H3/t14?,17-,18-,19-,20-/m0/s1. The van der Waals surface area contributed by atoms with Crippen LogP contribution in [0.15, 0.2) is 0 Å². The van der Waals surface area contributed by atoms with Crippen molar-refractivity contribution >= 4 is 5.78 Å². The second-order valence-corrected chi connectivity index (χ2v) is 10.3. The summed E-state index contributed by atoms with van der Waals surface area (Å²) in [6.07, 6.45) is 10.2. The van der Waals surface area contributed by atoms with E-state index in [1.54, 1.807) is 0 Å². The van der Waals surface area contributed by atoms with Gasteiger partial charge in [-0.05, 0) is 67.1 Å². The van der Waals surface area contributed by atoms with E-state index in [1.165, 1.54) is 38.5 Å². The minimum absolute atomic E-state index is 0.00817. The van der Waals surface area contributed by atoms with Gasteiger partial charge < -0.3 is 0 Å². The van der Waals surface area contributed by atoms with Gasteiger partial charge in [0.1, 0.15) is 5.78 Å². The topological polar surface area (TPSA) is 17.1 Å². The Balaban J connectivity index is 1.89. The number of ketones is 1. The summed E-state index contributed by atoms with van der Waals surface area (Å²) in [5.41, 5.74) is 1.17. The Labute approximate surface area is 130 Å². The number of hydrogen-bond acceptors (Lipinski definition) is 1. The first kappa shape index (κ1) is 14.3. The average molecular weight is 288 g/mol. The second-order valence-electron chi connectivity index (χ2n) is 10.3. The van der Waals surface area contributed by atoms with Crippen LogP contribution in [0.2, 0.25) is 0 Å². The van der Waals surface area contributed by atoms with Gasteiger partial charge in [0.2, 0.25) is 0 Å². The molecule has 5 atom stereocenters. The first-order chi connectivity index (χ1) is 9.62. The third-order valence-corrected chi connectivity index (χ3v) is 9.16. The molecule has 21 heavy (non-hydrogen) atoms. The molecule has 0 heterocycles. The summed E-state index contributed by atoms with van der Waals surface area (Å²) in [5.74, 6) is 1.45. The molecule has 0 amide bonds. The van der Waals surface area contributed by atoms with E-state index in [0.29, 0.717) is 22.0 Å². The van der Waals surface area contributed by atoms with Crippen molar-refractivity contribution in [1.29, 1.82) is 0 Å². The van der Waals surface area contributed by atoms with Crippen LogP contribution in [0.25, 0.3) is 0 Å². The van der Waals surface area contributed by atoms with E-state index in [1.807, 2.05) is 0 Å². The molecule has 4 aliphatic rings. The molecule has 2 bridgehead atoms. The van der Waals surface area contributed by atoms with Gasteiger partial charge in [-0.15, -0.1) is 0 Å². The molecule has 1 nitrogen and oxygen atoms in total. The van der Waals surface area contributed by atoms with Crippen LogP contribution >= 0.6 is 0 Å². The van der Waals surface area contributed by atoms with Crippen LogP contribution in [0.1, 0.15) is 86.0 Å². The molecule has 0 saturated heterocycles. The lowest BCUT2D eigenvalue weighted by molar-refractivity contribution is -0.188. The summed E-state index contributed by atoms with van der Waals surface area (Å²) in [6.45, 7) is 12.2. The molecule has 4 aliphatic carbocycles. The minimum Gasteiger partial charge on any atom is -0.298 e. The Hall–Kier alpha value is -0.330. The Morgan fingerprint density at radius 3 is 2.33 bits per heavy atom. The highest BCUT2D eigenvalue weighted by molar-refractivity contribution is 5.94. The predicted molar refractivity (Wildman–Crippen MR) is 86.0 cm³/mol. The van der Waals surface area contributed by atoms with Gasteiger partial charge in [-0.3, -0.25) is 4.79 Å². The maximum absolute atomic E-state index is 13.2. The van der Waals surface area contributed by atoms with Crippen LogP contribution in [0.3, 0.4) is 0 Å². The molecule has 0 radical (unpaired) electrons. The SMILES string of the molecule is CC1(C)CCC[C@@]2(C)C1CC[C@@]1(C)C(=O)[C@@]3(C)CC[C@@]12C3. The van der Waals surface area contributed by atoms with E-state index in [4.69, 9.17) is 0 Å². The van der Waals surface area contributed by atoms with Crippen molar-refractivity contribution in [1.82, 2.24) is 0 Å². The summed E-state index contributed by atoms with van der Waals surface area (Å²) in [4.78, 5) is 13.2. The molecule has 1 heteroatoms. The van der Waals surface area contributed by atoms with Gasteiger partial charge in [0.15, 0.2) is 0 Å². The van der Waals surface area contributed by atoms with Crippen LogP contribution in [-0.4, -0.2) is 5.78 Å². The monoisotopic (exact) mass is 288 g/mol. The van der Waals surface area contributed by atoms with Crippen molar-refractivity contribution in [2.75, 3.05) is 0 Å². The van der Waals surface area contributed by atoms with E-state index in [0.717, 1.165) is 18.8 Å². The zero-order valence-corrected chi connectivity index (χ0v) is 14.6. The van der Waals surface area contributed by atoms with Gasteiger partial charge in [0.05, 0.1) is 0 Å². The smallest absolute Gasteiger partial charge is 0.145 e. The fourth-order valence-corrected chi connectivity index (χ4v) is 8.19. The second kappa shape index (κ2) is 3.60. The molecular weight excluding hydrogens is 256 g/mol. The highest BCUT2D eigenvalue weighted by Crippen LogP contribution is 2.81. The summed E-state index contributed by atoms with van der Waals surface area (Å²) in [7, 11) is 0. The summed E-state index contributed by atoms with van der Waals surface area (Å²) < 4.78 is 0. The van der Waals surface area contributed by atoms with E-state index in [-0.39, 0.29) is 10.8 Å². The Morgan fingerprint density at radius 2 is 1.62 bits per heavy atom. The molecule has 118 valence electrons. The van der Waals surface area contributed by atoms with E-state index in [2.05, 4.69) is 34.6 Å². The molecule has 4 saturated carbocycles. The molecule has 4 fully saturated rings. The van der Waals surface area contributed by atoms with Crippen molar-refractivity contribution in [2.45, 2.75) is 86.0 Å². The third-order valence-electron chi connectivity index (χ3n) is 9.16. The van der Waals surface area contributed by atoms with E-state index < -0.39 is 0 Å². The van der Waals surface area contributed by atoms with Crippen molar-refractivity contribution in [3.63, 3.8) is 0 Å². The largest absolute Gasteiger partial charge is 0.298 e. The zero-order valence-electron chi connectivity index (χ0n) is 14.6. The van der Waals surface area contributed by atoms with Gasteiger partial charge in [-0.2, -0.15) is 0 Å². The normalized spacial score (nSPS) is 58.0. The number of hydrogen-bond donors (Lipinski definition) is 0. The van der Waals surface area contributed by atoms with Crippen LogP contribution in [0.5, 0.6) is 0 Å². The highest BCUT2D eigenvalue weighted by atomic mass is 16.1. The van der Waals surface area contributed by atoms with Crippen LogP contribution in [-0.2, 0) is 4.79 Å². The fraction of sp³-hybridized carbons (Fsp3) is 0.950. The van der Waals surface area contributed by atoms with Crippen molar-refractivity contribution < 1.29 is 4.79 Å². The summed E-state index contributed by atoms with van der Waals surface area (Å²) >= 11 is 0. The van der Waals surface area contributed by atoms with E-state index >= 15 is 0 Å². The molecule has 0 aromatic rings. The maximum atomic E-state index is 13.2. The average Bonchev–Trinajstić information content (AvgIpc) is 2.82. The maximum Gasteiger partial charge on any atom is 0.145 e. The molecule has 1 unspecified atom stereocenters. The Morgan fingerprint density at radius 1 is 0.905 bits per heavy atom. The minimum atomic E-state index is -0.0152. The molecule has 0 aromatic carbocycles. The molecule has 4 rings (SSSR count). The Kier molecular flexibility index (Phi) is 2.44. The lowest BCUT2D eigenvalue weighted by Gasteiger charge is -2.66. The first-order valence-corrected chi connectivity index (χ1v) is 9.16. The fourth-order valence-electron chi connectivity index (χ4n) is 8.19. The number of Topliss-reactive ketones (excluding diaryl/α,β-unsaturated/α-hetero) is 1. The summed E-state index contributed by atoms with van der Waals surface area (Å²) in [6, 6.07) is 0. The van der Waals surface area contributed by atoms with Gasteiger partial charge in [-0.1, -0.05) is 41.0 Å². The first-order valence-electron chi connectivity index (χ1n) is 9.16. The number of fused-ring (bicyclic) bond motifs is 2. The molecule has 1 spiro atoms. The Bertz CT molecular complexity index is 520. The van der Waals surface area contributed by atoms with E-state index in [9.17, 15) is 4.79 Å². The number of carbonyl (C=O) groups excluding carboxylic acids is 1. The lowest BCUT2D eigenvalue weighted by Crippen LogP contribution is -2.61. The molecule has 0 N–H and O–H groups in total. The molecule has 0 aromatic heterocycles. The zero-order chi connectivity index (χ0) is 15.3. The number of carbonyl (C=O) groups is 1. The van der Waals surface area contributed by atoms with Gasteiger partial charge in [0.25, 0.3) is 0 Å². The molecular formula is C20H32O. The lowest BCUT2D eigenvalue weighted by atomic mass is 9.37. The summed E-state index contributed by atoms with van der Waals surface area (Å²) in [5, 5.41) is 0. The van der Waals surface area contributed by atoms with Crippen LogP contribution < -0.4 is 0 Å². The quantitative estimate of drug-likeness (QED) is 0.585. The van der Waals surface area contributed by atoms with Crippen LogP contribution in [0, 0.1) is 33.0 Å². The predicted octanol–water partition coefficient (Wildman–Crippen LogP) is 5.38.